The second-order valence-corrected chi connectivity index (χ2v) is 2.84. The maximum atomic E-state index is 11.3. The van der Waals surface area contributed by atoms with Gasteiger partial charge in [-0.3, -0.25) is 0 Å². The molecule has 0 spiro atoms. The van der Waals surface area contributed by atoms with Gasteiger partial charge in [0.15, 0.2) is 0 Å². The maximum Gasteiger partial charge on any atom is 0.342 e. The molecule has 1 rings (SSSR count). The summed E-state index contributed by atoms with van der Waals surface area (Å²) in [5, 5.41) is 0. The summed E-state index contributed by atoms with van der Waals surface area (Å²) in [7, 11) is 0. The summed E-state index contributed by atoms with van der Waals surface area (Å²) in [6, 6.07) is 7.21. The van der Waals surface area contributed by atoms with Crippen LogP contribution in [0.4, 0.5) is 0 Å². The first kappa shape index (κ1) is 10.3. The highest BCUT2D eigenvalue weighted by molar-refractivity contribution is 5.89. The van der Waals surface area contributed by atoms with E-state index in [0.717, 1.165) is 5.56 Å². The van der Waals surface area contributed by atoms with Crippen molar-refractivity contribution in [2.75, 3.05) is 0 Å². The monoisotopic (exact) mass is 188 g/mol. The highest BCUT2D eigenvalue weighted by atomic mass is 16.5. The molecule has 2 heteroatoms. The van der Waals surface area contributed by atoms with Crippen molar-refractivity contribution in [1.82, 2.24) is 0 Å². The first-order valence-electron chi connectivity index (χ1n) is 4.29. The second-order valence-electron chi connectivity index (χ2n) is 2.84. The molecule has 0 heterocycles. The van der Waals surface area contributed by atoms with Crippen molar-refractivity contribution in [3.8, 4) is 0 Å². The van der Waals surface area contributed by atoms with Crippen molar-refractivity contribution in [2.24, 2.45) is 0 Å². The fourth-order valence-electron chi connectivity index (χ4n) is 0.914. The average molecular weight is 188 g/mol. The topological polar surface area (TPSA) is 26.3 Å². The predicted octanol–water partition coefficient (Wildman–Crippen LogP) is 2.85. The number of rotatable bonds is 3. The summed E-state index contributed by atoms with van der Waals surface area (Å²) in [6.45, 7) is 5.43. The van der Waals surface area contributed by atoms with Crippen LogP contribution in [0.5, 0.6) is 0 Å². The van der Waals surface area contributed by atoms with Gasteiger partial charge < -0.3 is 4.74 Å². The van der Waals surface area contributed by atoms with Crippen molar-refractivity contribution < 1.29 is 9.53 Å². The zero-order valence-corrected chi connectivity index (χ0v) is 8.07. The third-order valence-corrected chi connectivity index (χ3v) is 1.68. The minimum atomic E-state index is -0.358. The van der Waals surface area contributed by atoms with Gasteiger partial charge in [-0.1, -0.05) is 30.4 Å². The lowest BCUT2D eigenvalue weighted by Crippen LogP contribution is -1.99. The Bertz CT molecular complexity index is 347. The third kappa shape index (κ3) is 2.90. The SMILES string of the molecule is C=C/C=C\OC(=O)c1ccc(C)cc1. The number of allylic oxidation sites excluding steroid dienone is 2. The molecule has 0 radical (unpaired) electrons. The number of ether oxygens (including phenoxy) is 1. The lowest BCUT2D eigenvalue weighted by Gasteiger charge is -1.98. The summed E-state index contributed by atoms with van der Waals surface area (Å²) in [5.41, 5.74) is 1.66. The van der Waals surface area contributed by atoms with Crippen LogP contribution >= 0.6 is 0 Å². The number of esters is 1. The van der Waals surface area contributed by atoms with Crippen LogP contribution in [-0.2, 0) is 4.74 Å². The minimum Gasteiger partial charge on any atom is -0.431 e. The molecule has 0 saturated carbocycles. The van der Waals surface area contributed by atoms with Gasteiger partial charge in [-0.05, 0) is 25.1 Å². The molecule has 0 bridgehead atoms. The van der Waals surface area contributed by atoms with E-state index < -0.39 is 0 Å². The minimum absolute atomic E-state index is 0.358. The quantitative estimate of drug-likeness (QED) is 0.414. The largest absolute Gasteiger partial charge is 0.431 e. The lowest BCUT2D eigenvalue weighted by atomic mass is 10.1. The Labute approximate surface area is 83.5 Å². The first-order chi connectivity index (χ1) is 6.74. The standard InChI is InChI=1S/C12H12O2/c1-3-4-9-14-12(13)11-7-5-10(2)6-8-11/h3-9H,1H2,2H3/b9-4-. The van der Waals surface area contributed by atoms with Crippen LogP contribution in [0.2, 0.25) is 0 Å². The van der Waals surface area contributed by atoms with Crippen molar-refractivity contribution in [2.45, 2.75) is 6.92 Å². The van der Waals surface area contributed by atoms with Crippen molar-refractivity contribution >= 4 is 5.97 Å². The Hall–Kier alpha value is -1.83. The predicted molar refractivity (Wildman–Crippen MR) is 55.9 cm³/mol. The zero-order valence-electron chi connectivity index (χ0n) is 8.07. The molecule has 0 saturated heterocycles. The van der Waals surface area contributed by atoms with Gasteiger partial charge >= 0.3 is 5.97 Å². The van der Waals surface area contributed by atoms with Gasteiger partial charge in [0.2, 0.25) is 0 Å². The molecule has 14 heavy (non-hydrogen) atoms. The molecule has 0 amide bonds. The molecule has 0 aliphatic carbocycles. The maximum absolute atomic E-state index is 11.3. The number of carbonyl (C=O) groups is 1. The molecule has 0 aliphatic rings. The molecule has 1 aromatic carbocycles. The van der Waals surface area contributed by atoms with E-state index in [4.69, 9.17) is 4.74 Å². The van der Waals surface area contributed by atoms with Crippen molar-refractivity contribution in [1.29, 1.82) is 0 Å². The highest BCUT2D eigenvalue weighted by Crippen LogP contribution is 2.04. The van der Waals surface area contributed by atoms with Crippen LogP contribution in [0.25, 0.3) is 0 Å². The van der Waals surface area contributed by atoms with Crippen LogP contribution in [0.1, 0.15) is 15.9 Å². The number of aryl methyl sites for hydroxylation is 1. The Morgan fingerprint density at radius 3 is 2.57 bits per heavy atom. The van der Waals surface area contributed by atoms with E-state index in [1.807, 2.05) is 19.1 Å². The van der Waals surface area contributed by atoms with E-state index >= 15 is 0 Å². The Kier molecular flexibility index (Phi) is 3.68. The molecule has 0 aliphatic heterocycles. The smallest absolute Gasteiger partial charge is 0.342 e. The van der Waals surface area contributed by atoms with Crippen molar-refractivity contribution in [3.05, 3.63) is 60.4 Å². The lowest BCUT2D eigenvalue weighted by molar-refractivity contribution is 0.0663. The second kappa shape index (κ2) is 5.02. The third-order valence-electron chi connectivity index (χ3n) is 1.68. The van der Waals surface area contributed by atoms with Crippen LogP contribution in [-0.4, -0.2) is 5.97 Å². The van der Waals surface area contributed by atoms with Crippen molar-refractivity contribution in [3.63, 3.8) is 0 Å². The Morgan fingerprint density at radius 1 is 1.36 bits per heavy atom. The zero-order chi connectivity index (χ0) is 10.4. The highest BCUT2D eigenvalue weighted by Gasteiger charge is 2.03. The molecule has 72 valence electrons. The molecule has 1 aromatic rings. The molecule has 0 atom stereocenters. The Balaban J connectivity index is 2.65. The summed E-state index contributed by atoms with van der Waals surface area (Å²) in [6.07, 6.45) is 4.42. The molecule has 0 aromatic heterocycles. The molecule has 0 unspecified atom stereocenters. The number of benzene rings is 1. The first-order valence-corrected chi connectivity index (χ1v) is 4.29. The van der Waals surface area contributed by atoms with Gasteiger partial charge in [0.05, 0.1) is 11.8 Å². The fraction of sp³-hybridized carbons (Fsp3) is 0.0833. The van der Waals surface area contributed by atoms with E-state index in [0.29, 0.717) is 5.56 Å². The molecule has 0 fully saturated rings. The summed E-state index contributed by atoms with van der Waals surface area (Å²) in [4.78, 5) is 11.3. The summed E-state index contributed by atoms with van der Waals surface area (Å²) >= 11 is 0. The van der Waals surface area contributed by atoms with Crippen LogP contribution in [0, 0.1) is 6.92 Å². The fourth-order valence-corrected chi connectivity index (χ4v) is 0.914. The normalized spacial score (nSPS) is 10.1. The number of carbonyl (C=O) groups excluding carboxylic acids is 1. The van der Waals surface area contributed by atoms with Gasteiger partial charge in [0.1, 0.15) is 0 Å². The average Bonchev–Trinajstić information content (AvgIpc) is 2.19. The molecular formula is C12H12O2. The van der Waals surface area contributed by atoms with Gasteiger partial charge in [-0.2, -0.15) is 0 Å². The van der Waals surface area contributed by atoms with Crippen LogP contribution < -0.4 is 0 Å². The summed E-state index contributed by atoms with van der Waals surface area (Å²) < 4.78 is 4.82. The van der Waals surface area contributed by atoms with Gasteiger partial charge in [0, 0.05) is 0 Å². The number of hydrogen-bond donors (Lipinski definition) is 0. The van der Waals surface area contributed by atoms with E-state index in [9.17, 15) is 4.79 Å². The molecule has 2 nitrogen and oxygen atoms in total. The van der Waals surface area contributed by atoms with Gasteiger partial charge in [-0.15, -0.1) is 0 Å². The van der Waals surface area contributed by atoms with E-state index in [1.165, 1.54) is 6.26 Å². The number of hydrogen-bond acceptors (Lipinski definition) is 2. The molecule has 0 N–H and O–H groups in total. The van der Waals surface area contributed by atoms with Crippen LogP contribution in [0.3, 0.4) is 0 Å². The van der Waals surface area contributed by atoms with Crippen LogP contribution in [0.15, 0.2) is 49.3 Å². The van der Waals surface area contributed by atoms with E-state index in [-0.39, 0.29) is 5.97 Å². The summed E-state index contributed by atoms with van der Waals surface area (Å²) in [5.74, 6) is -0.358. The van der Waals surface area contributed by atoms with Gasteiger partial charge in [0.25, 0.3) is 0 Å². The van der Waals surface area contributed by atoms with E-state index in [1.54, 1.807) is 24.3 Å². The van der Waals surface area contributed by atoms with E-state index in [2.05, 4.69) is 6.58 Å². The van der Waals surface area contributed by atoms with Gasteiger partial charge in [-0.25, -0.2) is 4.79 Å². The Morgan fingerprint density at radius 2 is 2.00 bits per heavy atom. The molecular weight excluding hydrogens is 176 g/mol.